The molecule has 0 radical (unpaired) electrons. The van der Waals surface area contributed by atoms with Crippen LogP contribution in [0.2, 0.25) is 0 Å². The van der Waals surface area contributed by atoms with Crippen molar-refractivity contribution in [2.24, 2.45) is 5.73 Å². The van der Waals surface area contributed by atoms with Crippen molar-refractivity contribution in [1.29, 1.82) is 0 Å². The zero-order valence-electron chi connectivity index (χ0n) is 11.0. The molecule has 0 bridgehead atoms. The summed E-state index contributed by atoms with van der Waals surface area (Å²) >= 11 is 4.85. The molecular formula is C13H18FN3OS. The summed E-state index contributed by atoms with van der Waals surface area (Å²) in [7, 11) is 0. The third-order valence-electron chi connectivity index (χ3n) is 2.54. The molecule has 0 heterocycles. The fourth-order valence-corrected chi connectivity index (χ4v) is 1.74. The summed E-state index contributed by atoms with van der Waals surface area (Å²) in [6.07, 6.45) is 0. The first-order valence-electron chi connectivity index (χ1n) is 5.96. The normalized spacial score (nSPS) is 10.8. The number of hydrogen-bond acceptors (Lipinski definition) is 3. The molecule has 0 fully saturated rings. The van der Waals surface area contributed by atoms with E-state index in [0.29, 0.717) is 17.2 Å². The minimum Gasteiger partial charge on any atom is -0.392 e. The summed E-state index contributed by atoms with van der Waals surface area (Å²) in [6.45, 7) is 4.44. The summed E-state index contributed by atoms with van der Waals surface area (Å²) < 4.78 is 13.0. The largest absolute Gasteiger partial charge is 0.392 e. The number of nitrogens with zero attached hydrogens (tertiary/aromatic N) is 1. The molecule has 1 aromatic rings. The molecular weight excluding hydrogens is 265 g/mol. The second-order valence-corrected chi connectivity index (χ2v) is 5.05. The van der Waals surface area contributed by atoms with Gasteiger partial charge in [-0.25, -0.2) is 4.39 Å². The van der Waals surface area contributed by atoms with Crippen LogP contribution in [0.3, 0.4) is 0 Å². The molecule has 0 aliphatic heterocycles. The van der Waals surface area contributed by atoms with E-state index in [4.69, 9.17) is 18.0 Å². The number of rotatable bonds is 6. The lowest BCUT2D eigenvalue weighted by Gasteiger charge is -2.25. The first kappa shape index (κ1) is 15.5. The topological polar surface area (TPSA) is 58.4 Å². The van der Waals surface area contributed by atoms with Crippen LogP contribution >= 0.6 is 12.2 Å². The van der Waals surface area contributed by atoms with Crippen molar-refractivity contribution >= 4 is 28.8 Å². The SMILES string of the molecule is CC(C)N(CC(=O)Nc1cccc(F)c1)CC(N)=S. The molecule has 0 spiro atoms. The Morgan fingerprint density at radius 1 is 1.47 bits per heavy atom. The summed E-state index contributed by atoms with van der Waals surface area (Å²) in [4.78, 5) is 14.0. The van der Waals surface area contributed by atoms with Gasteiger partial charge in [0.2, 0.25) is 5.91 Å². The molecule has 0 saturated carbocycles. The number of benzene rings is 1. The van der Waals surface area contributed by atoms with Crippen molar-refractivity contribution in [2.45, 2.75) is 19.9 Å². The molecule has 1 rings (SSSR count). The maximum atomic E-state index is 13.0. The van der Waals surface area contributed by atoms with Gasteiger partial charge in [-0.15, -0.1) is 0 Å². The van der Waals surface area contributed by atoms with Crippen molar-refractivity contribution in [3.63, 3.8) is 0 Å². The molecule has 4 nitrogen and oxygen atoms in total. The molecule has 0 unspecified atom stereocenters. The van der Waals surface area contributed by atoms with Crippen LogP contribution in [0.25, 0.3) is 0 Å². The van der Waals surface area contributed by atoms with Crippen molar-refractivity contribution < 1.29 is 9.18 Å². The van der Waals surface area contributed by atoms with Gasteiger partial charge in [-0.1, -0.05) is 18.3 Å². The van der Waals surface area contributed by atoms with Crippen LogP contribution in [-0.2, 0) is 4.79 Å². The molecule has 0 saturated heterocycles. The van der Waals surface area contributed by atoms with E-state index in [0.717, 1.165) is 0 Å². The molecule has 0 atom stereocenters. The van der Waals surface area contributed by atoms with Crippen LogP contribution in [0.5, 0.6) is 0 Å². The number of anilines is 1. The Balaban J connectivity index is 2.60. The van der Waals surface area contributed by atoms with Gasteiger partial charge < -0.3 is 11.1 Å². The van der Waals surface area contributed by atoms with Crippen LogP contribution in [0, 0.1) is 5.82 Å². The maximum Gasteiger partial charge on any atom is 0.238 e. The summed E-state index contributed by atoms with van der Waals surface area (Å²) in [5.41, 5.74) is 5.92. The number of nitrogens with two attached hydrogens (primary N) is 1. The molecule has 0 aliphatic carbocycles. The molecule has 0 aromatic heterocycles. The van der Waals surface area contributed by atoms with Gasteiger partial charge in [-0.3, -0.25) is 9.69 Å². The highest BCUT2D eigenvalue weighted by molar-refractivity contribution is 7.80. The highest BCUT2D eigenvalue weighted by Gasteiger charge is 2.15. The summed E-state index contributed by atoms with van der Waals surface area (Å²) in [6, 6.07) is 5.91. The molecule has 3 N–H and O–H groups in total. The first-order chi connectivity index (χ1) is 8.88. The first-order valence-corrected chi connectivity index (χ1v) is 6.37. The zero-order chi connectivity index (χ0) is 14.4. The van der Waals surface area contributed by atoms with E-state index in [9.17, 15) is 9.18 Å². The van der Waals surface area contributed by atoms with Crippen LogP contribution in [0.1, 0.15) is 13.8 Å². The fourth-order valence-electron chi connectivity index (χ4n) is 1.57. The predicted octanol–water partition coefficient (Wildman–Crippen LogP) is 1.76. The highest BCUT2D eigenvalue weighted by Crippen LogP contribution is 2.09. The smallest absolute Gasteiger partial charge is 0.238 e. The Bertz CT molecular complexity index is 465. The minimum absolute atomic E-state index is 0.139. The molecule has 0 aliphatic rings. The standard InChI is InChI=1S/C13H18FN3OS/c1-9(2)17(7-12(15)19)8-13(18)16-11-5-3-4-10(14)6-11/h3-6,9H,7-8H2,1-2H3,(H2,15,19)(H,16,18). The Kier molecular flexibility index (Phi) is 5.85. The number of amides is 1. The van der Waals surface area contributed by atoms with Crippen molar-refractivity contribution in [3.8, 4) is 0 Å². The Morgan fingerprint density at radius 3 is 2.68 bits per heavy atom. The van der Waals surface area contributed by atoms with E-state index in [1.165, 1.54) is 12.1 Å². The van der Waals surface area contributed by atoms with Crippen LogP contribution in [0.4, 0.5) is 10.1 Å². The monoisotopic (exact) mass is 283 g/mol. The Labute approximate surface area is 117 Å². The van der Waals surface area contributed by atoms with Gasteiger partial charge in [-0.05, 0) is 32.0 Å². The van der Waals surface area contributed by atoms with Gasteiger partial charge in [0, 0.05) is 18.3 Å². The van der Waals surface area contributed by atoms with Gasteiger partial charge in [0.1, 0.15) is 5.82 Å². The number of hydrogen-bond donors (Lipinski definition) is 2. The van der Waals surface area contributed by atoms with E-state index in [-0.39, 0.29) is 24.3 Å². The van der Waals surface area contributed by atoms with Crippen molar-refractivity contribution in [3.05, 3.63) is 30.1 Å². The number of carbonyl (C=O) groups is 1. The minimum atomic E-state index is -0.387. The van der Waals surface area contributed by atoms with Crippen molar-refractivity contribution in [2.75, 3.05) is 18.4 Å². The predicted molar refractivity (Wildman–Crippen MR) is 78.5 cm³/mol. The van der Waals surface area contributed by atoms with Crippen LogP contribution < -0.4 is 11.1 Å². The molecule has 104 valence electrons. The molecule has 1 amide bonds. The van der Waals surface area contributed by atoms with Gasteiger partial charge >= 0.3 is 0 Å². The highest BCUT2D eigenvalue weighted by atomic mass is 32.1. The van der Waals surface area contributed by atoms with Gasteiger partial charge in [0.25, 0.3) is 0 Å². The number of nitrogens with one attached hydrogen (secondary N) is 1. The Hall–Kier alpha value is -1.53. The number of halogens is 1. The third-order valence-corrected chi connectivity index (χ3v) is 2.67. The molecule has 6 heteroatoms. The fraction of sp³-hybridized carbons (Fsp3) is 0.385. The number of carbonyl (C=O) groups excluding carboxylic acids is 1. The second kappa shape index (κ2) is 7.16. The van der Waals surface area contributed by atoms with E-state index < -0.39 is 0 Å². The zero-order valence-corrected chi connectivity index (χ0v) is 11.8. The quantitative estimate of drug-likeness (QED) is 0.781. The summed E-state index contributed by atoms with van der Waals surface area (Å²) in [5.74, 6) is -0.614. The Morgan fingerprint density at radius 2 is 2.16 bits per heavy atom. The summed E-state index contributed by atoms with van der Waals surface area (Å²) in [5, 5.41) is 2.64. The van der Waals surface area contributed by atoms with Gasteiger partial charge in [0.15, 0.2) is 0 Å². The van der Waals surface area contributed by atoms with Crippen LogP contribution in [0.15, 0.2) is 24.3 Å². The van der Waals surface area contributed by atoms with Crippen molar-refractivity contribution in [1.82, 2.24) is 4.90 Å². The lowest BCUT2D eigenvalue weighted by Crippen LogP contribution is -2.42. The number of thiocarbonyl (C=S) groups is 1. The average Bonchev–Trinajstić information content (AvgIpc) is 2.27. The lowest BCUT2D eigenvalue weighted by molar-refractivity contribution is -0.117. The third kappa shape index (κ3) is 5.76. The average molecular weight is 283 g/mol. The van der Waals surface area contributed by atoms with E-state index >= 15 is 0 Å². The maximum absolute atomic E-state index is 13.0. The lowest BCUT2D eigenvalue weighted by atomic mass is 10.3. The molecule has 19 heavy (non-hydrogen) atoms. The van der Waals surface area contributed by atoms with E-state index in [1.807, 2.05) is 18.7 Å². The van der Waals surface area contributed by atoms with Gasteiger partial charge in [0.05, 0.1) is 11.5 Å². The van der Waals surface area contributed by atoms with Crippen LogP contribution in [-0.4, -0.2) is 34.9 Å². The van der Waals surface area contributed by atoms with E-state index in [2.05, 4.69) is 5.32 Å². The van der Waals surface area contributed by atoms with E-state index in [1.54, 1.807) is 12.1 Å². The second-order valence-electron chi connectivity index (χ2n) is 4.52. The van der Waals surface area contributed by atoms with Gasteiger partial charge in [-0.2, -0.15) is 0 Å². The molecule has 1 aromatic carbocycles.